The smallest absolute Gasteiger partial charge is 0.141 e. The van der Waals surface area contributed by atoms with Gasteiger partial charge >= 0.3 is 0 Å². The van der Waals surface area contributed by atoms with Gasteiger partial charge in [-0.25, -0.2) is 4.39 Å². The highest BCUT2D eigenvalue weighted by Crippen LogP contribution is 2.27. The molecule has 2 rings (SSSR count). The summed E-state index contributed by atoms with van der Waals surface area (Å²) >= 11 is 1.37. The number of thiophene rings is 1. The average molecular weight is 348 g/mol. The van der Waals surface area contributed by atoms with Crippen molar-refractivity contribution >= 4 is 33.8 Å². The van der Waals surface area contributed by atoms with Crippen molar-refractivity contribution < 1.29 is 14.2 Å². The third-order valence-corrected chi connectivity index (χ3v) is 4.59. The monoisotopic (exact) mass is 347 g/mol. The Bertz CT molecular complexity index is 574. The second-order valence-electron chi connectivity index (χ2n) is 4.96. The molecule has 1 atom stereocenters. The maximum absolute atomic E-state index is 13.6. The summed E-state index contributed by atoms with van der Waals surface area (Å²) in [6, 6.07) is 5.38. The van der Waals surface area contributed by atoms with E-state index in [1.54, 1.807) is 6.07 Å². The topological polar surface area (TPSA) is 32.7 Å². The van der Waals surface area contributed by atoms with Crippen LogP contribution >= 0.6 is 23.7 Å². The van der Waals surface area contributed by atoms with Crippen LogP contribution in [0.3, 0.4) is 0 Å². The molecule has 0 aliphatic heterocycles. The van der Waals surface area contributed by atoms with E-state index in [2.05, 4.69) is 18.7 Å². The highest BCUT2D eigenvalue weighted by Gasteiger charge is 2.11. The molecule has 124 valence electrons. The molecule has 1 aromatic carbocycles. The van der Waals surface area contributed by atoms with E-state index in [9.17, 15) is 9.50 Å². The van der Waals surface area contributed by atoms with Gasteiger partial charge in [0, 0.05) is 22.0 Å². The number of hydrogen-bond donors (Lipinski definition) is 1. The molecular formula is C16H23ClFNO2S. The second kappa shape index (κ2) is 9.43. The fourth-order valence-corrected chi connectivity index (χ4v) is 3.04. The Kier molecular flexibility index (Phi) is 8.28. The summed E-state index contributed by atoms with van der Waals surface area (Å²) in [6.45, 7) is 7.91. The first-order valence-electron chi connectivity index (χ1n) is 7.30. The van der Waals surface area contributed by atoms with Crippen LogP contribution in [-0.4, -0.2) is 42.9 Å². The molecule has 3 nitrogen and oxygen atoms in total. The zero-order valence-corrected chi connectivity index (χ0v) is 14.6. The van der Waals surface area contributed by atoms with E-state index in [1.807, 2.05) is 12.1 Å². The van der Waals surface area contributed by atoms with Crippen LogP contribution in [0, 0.1) is 5.82 Å². The summed E-state index contributed by atoms with van der Waals surface area (Å²) in [4.78, 5) is 2.26. The summed E-state index contributed by atoms with van der Waals surface area (Å²) < 4.78 is 20.0. The predicted octanol–water partition coefficient (Wildman–Crippen LogP) is 3.85. The molecule has 0 bridgehead atoms. The Balaban J connectivity index is 0.00000242. The number of halogens is 2. The van der Waals surface area contributed by atoms with Gasteiger partial charge < -0.3 is 14.7 Å². The number of rotatable bonds is 8. The molecule has 0 saturated heterocycles. The van der Waals surface area contributed by atoms with Crippen molar-refractivity contribution in [3.63, 3.8) is 0 Å². The Morgan fingerprint density at radius 2 is 2.05 bits per heavy atom. The van der Waals surface area contributed by atoms with Crippen LogP contribution in [0.2, 0.25) is 0 Å². The number of ether oxygens (including phenoxy) is 1. The zero-order valence-electron chi connectivity index (χ0n) is 12.9. The number of likely N-dealkylation sites (N-methyl/N-ethyl adjacent to an activating group) is 1. The molecule has 1 N–H and O–H groups in total. The van der Waals surface area contributed by atoms with Crippen LogP contribution < -0.4 is 0 Å². The number of aliphatic hydroxyl groups excluding tert-OH is 1. The van der Waals surface area contributed by atoms with Gasteiger partial charge in [-0.15, -0.1) is 23.7 Å². The molecule has 1 heterocycles. The lowest BCUT2D eigenvalue weighted by Crippen LogP contribution is -2.27. The summed E-state index contributed by atoms with van der Waals surface area (Å²) in [5.41, 5.74) is 0.697. The molecule has 0 aliphatic rings. The van der Waals surface area contributed by atoms with Gasteiger partial charge in [-0.05, 0) is 30.8 Å². The molecule has 0 saturated carbocycles. The van der Waals surface area contributed by atoms with Crippen LogP contribution in [-0.2, 0) is 4.74 Å². The zero-order chi connectivity index (χ0) is 15.2. The molecule has 22 heavy (non-hydrogen) atoms. The molecule has 0 aliphatic carbocycles. The lowest BCUT2D eigenvalue weighted by Gasteiger charge is -2.18. The SMILES string of the molecule is CCN(CC)CCOCC(O)c1ccc2scc(F)c2c1.Cl. The maximum atomic E-state index is 13.6. The van der Waals surface area contributed by atoms with Crippen molar-refractivity contribution in [2.75, 3.05) is 32.8 Å². The van der Waals surface area contributed by atoms with Crippen LogP contribution in [0.4, 0.5) is 4.39 Å². The first-order valence-corrected chi connectivity index (χ1v) is 8.18. The van der Waals surface area contributed by atoms with Crippen molar-refractivity contribution in [3.05, 3.63) is 35.0 Å². The molecule has 0 spiro atoms. The quantitative estimate of drug-likeness (QED) is 0.736. The Morgan fingerprint density at radius 3 is 2.73 bits per heavy atom. The summed E-state index contributed by atoms with van der Waals surface area (Å²) in [5, 5.41) is 12.2. The predicted molar refractivity (Wildman–Crippen MR) is 92.6 cm³/mol. The Labute approximate surface area is 141 Å². The van der Waals surface area contributed by atoms with Crippen molar-refractivity contribution in [2.24, 2.45) is 0 Å². The number of aliphatic hydroxyl groups is 1. The van der Waals surface area contributed by atoms with Crippen molar-refractivity contribution in [1.29, 1.82) is 0 Å². The summed E-state index contributed by atoms with van der Waals surface area (Å²) in [5.74, 6) is -0.230. The minimum Gasteiger partial charge on any atom is -0.386 e. The lowest BCUT2D eigenvalue weighted by atomic mass is 10.1. The van der Waals surface area contributed by atoms with Crippen molar-refractivity contribution in [1.82, 2.24) is 4.90 Å². The number of nitrogens with zero attached hydrogens (tertiary/aromatic N) is 1. The van der Waals surface area contributed by atoms with E-state index in [1.165, 1.54) is 16.7 Å². The standard InChI is InChI=1S/C16H22FNO2S.ClH/c1-3-18(4-2)7-8-20-10-15(19)12-5-6-16-13(9-12)14(17)11-21-16;/h5-6,9,11,15,19H,3-4,7-8,10H2,1-2H3;1H. The van der Waals surface area contributed by atoms with Crippen molar-refractivity contribution in [3.8, 4) is 0 Å². The van der Waals surface area contributed by atoms with E-state index in [-0.39, 0.29) is 24.8 Å². The minimum atomic E-state index is -0.717. The van der Waals surface area contributed by atoms with Gasteiger partial charge in [0.05, 0.1) is 13.2 Å². The number of hydrogen-bond acceptors (Lipinski definition) is 4. The van der Waals surface area contributed by atoms with E-state index in [0.29, 0.717) is 17.6 Å². The third kappa shape index (κ3) is 4.89. The fraction of sp³-hybridized carbons (Fsp3) is 0.500. The van der Waals surface area contributed by atoms with Gasteiger partial charge in [-0.1, -0.05) is 19.9 Å². The highest BCUT2D eigenvalue weighted by atomic mass is 35.5. The van der Waals surface area contributed by atoms with Gasteiger partial charge in [0.15, 0.2) is 0 Å². The van der Waals surface area contributed by atoms with Crippen LogP contribution in [0.25, 0.3) is 10.1 Å². The third-order valence-electron chi connectivity index (χ3n) is 3.66. The normalized spacial score (nSPS) is 12.6. The van der Waals surface area contributed by atoms with Gasteiger partial charge in [-0.2, -0.15) is 0 Å². The Morgan fingerprint density at radius 1 is 1.32 bits per heavy atom. The van der Waals surface area contributed by atoms with Gasteiger partial charge in [0.25, 0.3) is 0 Å². The molecule has 6 heteroatoms. The maximum Gasteiger partial charge on any atom is 0.141 e. The second-order valence-corrected chi connectivity index (χ2v) is 5.87. The molecule has 1 aromatic heterocycles. The number of benzene rings is 1. The highest BCUT2D eigenvalue weighted by molar-refractivity contribution is 7.17. The lowest BCUT2D eigenvalue weighted by molar-refractivity contribution is 0.0274. The summed E-state index contributed by atoms with van der Waals surface area (Å²) in [7, 11) is 0. The van der Waals surface area contributed by atoms with Crippen LogP contribution in [0.1, 0.15) is 25.5 Å². The largest absolute Gasteiger partial charge is 0.386 e. The van der Waals surface area contributed by atoms with Crippen molar-refractivity contribution in [2.45, 2.75) is 20.0 Å². The van der Waals surface area contributed by atoms with E-state index >= 15 is 0 Å². The molecule has 0 radical (unpaired) electrons. The average Bonchev–Trinajstić information content (AvgIpc) is 2.88. The first kappa shape index (κ1) is 19.3. The van der Waals surface area contributed by atoms with Gasteiger partial charge in [0.2, 0.25) is 0 Å². The molecule has 1 unspecified atom stereocenters. The molecule has 0 fully saturated rings. The Hall–Kier alpha value is -0.720. The van der Waals surface area contributed by atoms with Crippen LogP contribution in [0.5, 0.6) is 0 Å². The fourth-order valence-electron chi connectivity index (χ4n) is 2.25. The number of fused-ring (bicyclic) bond motifs is 1. The first-order chi connectivity index (χ1) is 10.2. The summed E-state index contributed by atoms with van der Waals surface area (Å²) in [6.07, 6.45) is -0.717. The van der Waals surface area contributed by atoms with E-state index in [4.69, 9.17) is 4.74 Å². The van der Waals surface area contributed by atoms with Gasteiger partial charge in [0.1, 0.15) is 11.9 Å². The van der Waals surface area contributed by atoms with E-state index < -0.39 is 6.10 Å². The molecule has 0 amide bonds. The molecule has 2 aromatic rings. The minimum absolute atomic E-state index is 0. The van der Waals surface area contributed by atoms with E-state index in [0.717, 1.165) is 24.3 Å². The van der Waals surface area contributed by atoms with Crippen LogP contribution in [0.15, 0.2) is 23.6 Å². The molecular weight excluding hydrogens is 325 g/mol. The van der Waals surface area contributed by atoms with Gasteiger partial charge in [-0.3, -0.25) is 0 Å².